The lowest BCUT2D eigenvalue weighted by molar-refractivity contribution is -0.120. The van der Waals surface area contributed by atoms with Gasteiger partial charge in [-0.15, -0.1) is 23.7 Å². The number of rotatable bonds is 4. The maximum absolute atomic E-state index is 12.1. The number of nitrogens with zero attached hydrogens (tertiary/aromatic N) is 1. The molecule has 5 nitrogen and oxygen atoms in total. The lowest BCUT2D eigenvalue weighted by Crippen LogP contribution is -2.48. The van der Waals surface area contributed by atoms with E-state index in [1.54, 1.807) is 0 Å². The summed E-state index contributed by atoms with van der Waals surface area (Å²) >= 11 is 4.93. The minimum Gasteiger partial charge on any atom is -0.378 e. The van der Waals surface area contributed by atoms with Crippen molar-refractivity contribution in [3.05, 3.63) is 45.4 Å². The van der Waals surface area contributed by atoms with Crippen LogP contribution in [0.2, 0.25) is 0 Å². The number of ether oxygens (including phenoxy) is 1. The first-order valence-electron chi connectivity index (χ1n) is 7.02. The van der Waals surface area contributed by atoms with Gasteiger partial charge in [-0.05, 0) is 17.7 Å². The summed E-state index contributed by atoms with van der Waals surface area (Å²) in [7, 11) is 0. The van der Waals surface area contributed by atoms with Crippen LogP contribution >= 0.6 is 39.7 Å². The predicted octanol–water partition coefficient (Wildman–Crippen LogP) is 2.85. The Bertz CT molecular complexity index is 644. The number of benzene rings is 1. The van der Waals surface area contributed by atoms with E-state index in [4.69, 9.17) is 4.74 Å². The Balaban J connectivity index is 0.00000192. The van der Waals surface area contributed by atoms with E-state index >= 15 is 0 Å². The molecule has 1 atom stereocenters. The Kier molecular flexibility index (Phi) is 6.98. The minimum absolute atomic E-state index is 0. The zero-order chi connectivity index (χ0) is 15.4. The maximum atomic E-state index is 12.1. The molecule has 8 heteroatoms. The van der Waals surface area contributed by atoms with Gasteiger partial charge < -0.3 is 15.4 Å². The quantitative estimate of drug-likeness (QED) is 0.801. The van der Waals surface area contributed by atoms with Gasteiger partial charge in [-0.1, -0.05) is 28.1 Å². The normalized spacial score (nSPS) is 17.3. The van der Waals surface area contributed by atoms with Crippen molar-refractivity contribution in [1.82, 2.24) is 10.3 Å². The third-order valence-electron chi connectivity index (χ3n) is 3.31. The molecule has 2 heterocycles. The summed E-state index contributed by atoms with van der Waals surface area (Å²) < 4.78 is 6.36. The van der Waals surface area contributed by atoms with Gasteiger partial charge in [0.25, 0.3) is 0 Å². The molecule has 2 N–H and O–H groups in total. The van der Waals surface area contributed by atoms with Crippen LogP contribution in [0.15, 0.2) is 34.9 Å². The fraction of sp³-hybridized carbons (Fsp3) is 0.333. The van der Waals surface area contributed by atoms with Gasteiger partial charge in [-0.3, -0.25) is 4.79 Å². The van der Waals surface area contributed by atoms with Crippen molar-refractivity contribution in [1.29, 1.82) is 0 Å². The second-order valence-corrected chi connectivity index (χ2v) is 7.04. The van der Waals surface area contributed by atoms with Crippen LogP contribution in [-0.4, -0.2) is 36.7 Å². The molecular formula is C15H17BrClN3O2S. The van der Waals surface area contributed by atoms with Crippen LogP contribution in [-0.2, 0) is 16.0 Å². The number of aromatic nitrogens is 1. The van der Waals surface area contributed by atoms with Gasteiger partial charge in [0.2, 0.25) is 5.91 Å². The van der Waals surface area contributed by atoms with Gasteiger partial charge in [-0.2, -0.15) is 0 Å². The molecule has 1 saturated heterocycles. The number of hydrogen-bond acceptors (Lipinski definition) is 5. The number of thiazole rings is 1. The van der Waals surface area contributed by atoms with Crippen LogP contribution in [0.4, 0.5) is 5.13 Å². The monoisotopic (exact) mass is 417 g/mol. The van der Waals surface area contributed by atoms with Gasteiger partial charge in [0, 0.05) is 28.5 Å². The molecule has 0 radical (unpaired) electrons. The van der Waals surface area contributed by atoms with Crippen molar-refractivity contribution >= 4 is 50.7 Å². The molecule has 0 saturated carbocycles. The molecule has 1 aromatic heterocycles. The minimum atomic E-state index is -0.299. The van der Waals surface area contributed by atoms with Gasteiger partial charge in [0.05, 0.1) is 13.2 Å². The van der Waals surface area contributed by atoms with Crippen molar-refractivity contribution in [2.75, 3.05) is 25.1 Å². The summed E-state index contributed by atoms with van der Waals surface area (Å²) in [5, 5.41) is 6.60. The van der Waals surface area contributed by atoms with E-state index < -0.39 is 0 Å². The van der Waals surface area contributed by atoms with Crippen molar-refractivity contribution in [3.63, 3.8) is 0 Å². The van der Waals surface area contributed by atoms with E-state index in [1.807, 2.05) is 18.3 Å². The first-order valence-corrected chi connectivity index (χ1v) is 8.63. The average Bonchev–Trinajstić information content (AvgIpc) is 2.97. The molecule has 1 fully saturated rings. The second-order valence-electron chi connectivity index (χ2n) is 5.01. The Morgan fingerprint density at radius 2 is 2.22 bits per heavy atom. The largest absolute Gasteiger partial charge is 0.378 e. The summed E-state index contributed by atoms with van der Waals surface area (Å²) in [6, 6.07) is 7.89. The molecular weight excluding hydrogens is 402 g/mol. The van der Waals surface area contributed by atoms with Gasteiger partial charge in [0.1, 0.15) is 6.04 Å². The zero-order valence-corrected chi connectivity index (χ0v) is 15.5. The van der Waals surface area contributed by atoms with E-state index in [-0.39, 0.29) is 24.4 Å². The van der Waals surface area contributed by atoms with E-state index in [1.165, 1.54) is 16.9 Å². The highest BCUT2D eigenvalue weighted by Gasteiger charge is 2.21. The molecule has 1 amide bonds. The first-order chi connectivity index (χ1) is 10.7. The fourth-order valence-electron chi connectivity index (χ4n) is 2.18. The summed E-state index contributed by atoms with van der Waals surface area (Å²) in [6.07, 6.45) is 2.62. The number of nitrogens with one attached hydrogen (secondary N) is 2. The summed E-state index contributed by atoms with van der Waals surface area (Å²) in [4.78, 5) is 17.5. The first kappa shape index (κ1) is 18.4. The molecule has 2 aromatic rings. The number of amides is 1. The Morgan fingerprint density at radius 1 is 1.43 bits per heavy atom. The van der Waals surface area contributed by atoms with Gasteiger partial charge in [-0.25, -0.2) is 4.98 Å². The molecule has 124 valence electrons. The Morgan fingerprint density at radius 3 is 2.91 bits per heavy atom. The lowest BCUT2D eigenvalue weighted by atomic mass is 10.1. The van der Waals surface area contributed by atoms with Crippen LogP contribution in [0.25, 0.3) is 0 Å². The standard InChI is InChI=1S/C15H16BrN3O2S.ClH/c16-11-3-1-10(2-4-11)7-12-8-18-15(22-12)19-14(20)13-9-21-6-5-17-13;/h1-4,8,13,17H,5-7,9H2,(H,18,19,20);1H. The number of carbonyl (C=O) groups is 1. The van der Waals surface area contributed by atoms with Gasteiger partial charge in [0.15, 0.2) is 5.13 Å². The highest BCUT2D eigenvalue weighted by molar-refractivity contribution is 9.10. The number of carbonyl (C=O) groups excluding carboxylic acids is 1. The van der Waals surface area contributed by atoms with Crippen LogP contribution in [0.3, 0.4) is 0 Å². The molecule has 1 aromatic carbocycles. The predicted molar refractivity (Wildman–Crippen MR) is 97.5 cm³/mol. The highest BCUT2D eigenvalue weighted by atomic mass is 79.9. The third kappa shape index (κ3) is 5.26. The molecule has 3 rings (SSSR count). The number of morpholine rings is 1. The van der Waals surface area contributed by atoms with E-state index in [9.17, 15) is 4.79 Å². The summed E-state index contributed by atoms with van der Waals surface area (Å²) in [6.45, 7) is 1.76. The number of anilines is 1. The molecule has 1 unspecified atom stereocenters. The van der Waals surface area contributed by atoms with Crippen molar-refractivity contribution in [2.45, 2.75) is 12.5 Å². The maximum Gasteiger partial charge on any atom is 0.245 e. The molecule has 0 aliphatic carbocycles. The van der Waals surface area contributed by atoms with Gasteiger partial charge >= 0.3 is 0 Å². The average molecular weight is 419 g/mol. The molecule has 1 aliphatic heterocycles. The second kappa shape index (κ2) is 8.75. The smallest absolute Gasteiger partial charge is 0.245 e. The molecule has 0 spiro atoms. The van der Waals surface area contributed by atoms with Crippen molar-refractivity contribution < 1.29 is 9.53 Å². The molecule has 1 aliphatic rings. The van der Waals surface area contributed by atoms with E-state index in [2.05, 4.69) is 43.7 Å². The Hall–Kier alpha value is -0.990. The van der Waals surface area contributed by atoms with Crippen LogP contribution in [0, 0.1) is 0 Å². The highest BCUT2D eigenvalue weighted by Crippen LogP contribution is 2.22. The summed E-state index contributed by atoms with van der Waals surface area (Å²) in [5.74, 6) is -0.0933. The molecule has 0 bridgehead atoms. The SMILES string of the molecule is Cl.O=C(Nc1ncc(Cc2ccc(Br)cc2)s1)C1COCCN1. The van der Waals surface area contributed by atoms with Crippen LogP contribution in [0.1, 0.15) is 10.4 Å². The van der Waals surface area contributed by atoms with Crippen molar-refractivity contribution in [2.24, 2.45) is 0 Å². The lowest BCUT2D eigenvalue weighted by Gasteiger charge is -2.22. The van der Waals surface area contributed by atoms with Crippen molar-refractivity contribution in [3.8, 4) is 0 Å². The van der Waals surface area contributed by atoms with Crippen LogP contribution in [0.5, 0.6) is 0 Å². The molecule has 23 heavy (non-hydrogen) atoms. The topological polar surface area (TPSA) is 63.2 Å². The zero-order valence-electron chi connectivity index (χ0n) is 12.3. The van der Waals surface area contributed by atoms with E-state index in [0.717, 1.165) is 15.8 Å². The third-order valence-corrected chi connectivity index (χ3v) is 4.75. The van der Waals surface area contributed by atoms with Crippen LogP contribution < -0.4 is 10.6 Å². The Labute approximate surface area is 153 Å². The fourth-order valence-corrected chi connectivity index (χ4v) is 3.29. The summed E-state index contributed by atoms with van der Waals surface area (Å²) in [5.41, 5.74) is 1.21. The number of halogens is 2. The number of hydrogen-bond donors (Lipinski definition) is 2. The van der Waals surface area contributed by atoms with E-state index in [0.29, 0.717) is 24.9 Å².